The molecule has 0 atom stereocenters. The van der Waals surface area contributed by atoms with E-state index in [1.807, 2.05) is 0 Å². The number of aromatic amines is 1. The van der Waals surface area contributed by atoms with E-state index in [9.17, 15) is 4.79 Å². The normalized spacial score (nSPS) is 16.1. The third kappa shape index (κ3) is 2.34. The Morgan fingerprint density at radius 3 is 3.00 bits per heavy atom. The van der Waals surface area contributed by atoms with Crippen LogP contribution in [0.2, 0.25) is 0 Å². The minimum Gasteiger partial charge on any atom is -0.372 e. The van der Waals surface area contributed by atoms with E-state index < -0.39 is 0 Å². The summed E-state index contributed by atoms with van der Waals surface area (Å²) in [5.41, 5.74) is 0.541. The highest BCUT2D eigenvalue weighted by Crippen LogP contribution is 2.04. The van der Waals surface area contributed by atoms with Gasteiger partial charge in [0.05, 0.1) is 6.54 Å². The molecule has 1 aromatic rings. The molecule has 0 aliphatic carbocycles. The van der Waals surface area contributed by atoms with Crippen molar-refractivity contribution in [2.24, 2.45) is 0 Å². The van der Waals surface area contributed by atoms with Gasteiger partial charge in [-0.3, -0.25) is 9.89 Å². The molecule has 82 valence electrons. The van der Waals surface area contributed by atoms with Crippen molar-refractivity contribution in [1.82, 2.24) is 20.8 Å². The van der Waals surface area contributed by atoms with Crippen LogP contribution in [0.3, 0.4) is 0 Å². The van der Waals surface area contributed by atoms with E-state index in [0.29, 0.717) is 24.1 Å². The summed E-state index contributed by atoms with van der Waals surface area (Å²) in [4.78, 5) is 11.6. The first kappa shape index (κ1) is 10.1. The van der Waals surface area contributed by atoms with Crippen molar-refractivity contribution in [3.05, 3.63) is 11.8 Å². The van der Waals surface area contributed by atoms with Crippen LogP contribution in [0.1, 0.15) is 10.5 Å². The zero-order chi connectivity index (χ0) is 10.7. The van der Waals surface area contributed by atoms with Crippen LogP contribution >= 0.6 is 0 Å². The molecule has 15 heavy (non-hydrogen) atoms. The number of anilines is 1. The van der Waals surface area contributed by atoms with Gasteiger partial charge in [-0.15, -0.1) is 0 Å². The molecule has 1 aliphatic heterocycles. The average Bonchev–Trinajstić information content (AvgIpc) is 2.63. The number of H-pyrrole nitrogens is 1. The van der Waals surface area contributed by atoms with Crippen LogP contribution in [0, 0.1) is 0 Å². The molecule has 2 rings (SSSR count). The Balaban J connectivity index is 1.83. The van der Waals surface area contributed by atoms with Crippen LogP contribution in [0.25, 0.3) is 0 Å². The number of nitrogens with zero attached hydrogens (tertiary/aromatic N) is 1. The summed E-state index contributed by atoms with van der Waals surface area (Å²) in [6.45, 7) is 2.24. The number of hydrogen-bond acceptors (Lipinski definition) is 5. The van der Waals surface area contributed by atoms with Gasteiger partial charge >= 0.3 is 0 Å². The first-order chi connectivity index (χ1) is 7.29. The highest BCUT2D eigenvalue weighted by atomic mass is 16.1. The summed E-state index contributed by atoms with van der Waals surface area (Å²) in [5.74, 6) is 0.722. The smallest absolute Gasteiger partial charge is 0.194 e. The molecule has 1 fully saturated rings. The largest absolute Gasteiger partial charge is 0.372 e. The van der Waals surface area contributed by atoms with Gasteiger partial charge in [0.2, 0.25) is 0 Å². The molecule has 6 heteroatoms. The van der Waals surface area contributed by atoms with Gasteiger partial charge in [-0.05, 0) is 0 Å². The molecule has 2 heterocycles. The number of Topliss-reactive ketones (excluding diaryl/α,β-unsaturated/α-hetero) is 1. The predicted molar refractivity (Wildman–Crippen MR) is 57.1 cm³/mol. The van der Waals surface area contributed by atoms with Gasteiger partial charge in [-0.2, -0.15) is 5.10 Å². The molecule has 4 N–H and O–H groups in total. The lowest BCUT2D eigenvalue weighted by Gasteiger charge is -2.27. The average molecular weight is 209 g/mol. The van der Waals surface area contributed by atoms with Crippen LogP contribution < -0.4 is 16.0 Å². The topological polar surface area (TPSA) is 81.8 Å². The number of rotatable bonds is 5. The minimum absolute atomic E-state index is 0.0379. The molecule has 1 aromatic heterocycles. The van der Waals surface area contributed by atoms with E-state index in [2.05, 4.69) is 26.1 Å². The van der Waals surface area contributed by atoms with Crippen molar-refractivity contribution < 1.29 is 4.79 Å². The van der Waals surface area contributed by atoms with Crippen LogP contribution in [-0.2, 0) is 0 Å². The van der Waals surface area contributed by atoms with Crippen LogP contribution in [0.5, 0.6) is 0 Å². The molecule has 0 unspecified atom stereocenters. The zero-order valence-electron chi connectivity index (χ0n) is 8.63. The fourth-order valence-corrected chi connectivity index (χ4v) is 1.36. The fraction of sp³-hybridized carbons (Fsp3) is 0.556. The van der Waals surface area contributed by atoms with E-state index >= 15 is 0 Å². The van der Waals surface area contributed by atoms with E-state index in [4.69, 9.17) is 0 Å². The molecule has 1 saturated heterocycles. The molecule has 0 aromatic carbocycles. The summed E-state index contributed by atoms with van der Waals surface area (Å²) in [7, 11) is 1.77. The van der Waals surface area contributed by atoms with Crippen molar-refractivity contribution in [2.45, 2.75) is 6.04 Å². The monoisotopic (exact) mass is 209 g/mol. The summed E-state index contributed by atoms with van der Waals surface area (Å²) in [6, 6.07) is 2.14. The Hall–Kier alpha value is -1.40. The summed E-state index contributed by atoms with van der Waals surface area (Å²) in [5, 5.41) is 15.8. The summed E-state index contributed by atoms with van der Waals surface area (Å²) >= 11 is 0. The molecule has 0 bridgehead atoms. The number of aromatic nitrogens is 2. The zero-order valence-corrected chi connectivity index (χ0v) is 8.63. The molecular weight excluding hydrogens is 194 g/mol. The fourth-order valence-electron chi connectivity index (χ4n) is 1.36. The third-order valence-electron chi connectivity index (χ3n) is 2.47. The van der Waals surface area contributed by atoms with E-state index in [0.717, 1.165) is 13.1 Å². The van der Waals surface area contributed by atoms with Crippen molar-refractivity contribution >= 4 is 11.6 Å². The van der Waals surface area contributed by atoms with E-state index in [1.54, 1.807) is 13.1 Å². The number of hydrogen-bond donors (Lipinski definition) is 4. The number of carbonyl (C=O) groups excluding carboxylic acids is 1. The number of carbonyl (C=O) groups is 1. The molecule has 0 amide bonds. The Labute approximate surface area is 87.8 Å². The van der Waals surface area contributed by atoms with Crippen molar-refractivity contribution in [3.63, 3.8) is 0 Å². The van der Waals surface area contributed by atoms with Crippen LogP contribution in [0.4, 0.5) is 5.82 Å². The second-order valence-corrected chi connectivity index (χ2v) is 3.58. The Morgan fingerprint density at radius 1 is 1.67 bits per heavy atom. The maximum Gasteiger partial charge on any atom is 0.194 e. The number of ketones is 1. The standard InChI is InChI=1S/C9H15N5O/c1-10-9-2-7(13-14-9)8(15)5-12-6-3-11-4-6/h2,6,11-12H,3-5H2,1H3,(H2,10,13,14). The van der Waals surface area contributed by atoms with Crippen LogP contribution in [-0.4, -0.2) is 48.7 Å². The first-order valence-electron chi connectivity index (χ1n) is 5.00. The second-order valence-electron chi connectivity index (χ2n) is 3.58. The Morgan fingerprint density at radius 2 is 2.47 bits per heavy atom. The molecule has 0 radical (unpaired) electrons. The molecule has 0 saturated carbocycles. The highest BCUT2D eigenvalue weighted by Gasteiger charge is 2.17. The van der Waals surface area contributed by atoms with Crippen molar-refractivity contribution in [1.29, 1.82) is 0 Å². The lowest BCUT2D eigenvalue weighted by Crippen LogP contribution is -2.56. The first-order valence-corrected chi connectivity index (χ1v) is 5.00. The van der Waals surface area contributed by atoms with Gasteiger partial charge in [0, 0.05) is 32.2 Å². The van der Waals surface area contributed by atoms with Crippen molar-refractivity contribution in [2.75, 3.05) is 32.0 Å². The second kappa shape index (κ2) is 4.41. The SMILES string of the molecule is CNc1cc(C(=O)CNC2CNC2)[nH]n1. The summed E-state index contributed by atoms with van der Waals surface area (Å²) < 4.78 is 0. The molecule has 0 spiro atoms. The molecule has 6 nitrogen and oxygen atoms in total. The lowest BCUT2D eigenvalue weighted by molar-refractivity contribution is 0.0979. The van der Waals surface area contributed by atoms with E-state index in [1.165, 1.54) is 0 Å². The van der Waals surface area contributed by atoms with Gasteiger partial charge in [-0.25, -0.2) is 0 Å². The predicted octanol–water partition coefficient (Wildman–Crippen LogP) is -0.804. The van der Waals surface area contributed by atoms with Gasteiger partial charge < -0.3 is 16.0 Å². The van der Waals surface area contributed by atoms with Gasteiger partial charge in [-0.1, -0.05) is 0 Å². The summed E-state index contributed by atoms with van der Waals surface area (Å²) in [6.07, 6.45) is 0. The minimum atomic E-state index is 0.0379. The van der Waals surface area contributed by atoms with Gasteiger partial charge in [0.25, 0.3) is 0 Å². The maximum absolute atomic E-state index is 11.6. The molecular formula is C9H15N5O. The quantitative estimate of drug-likeness (QED) is 0.477. The Bertz CT molecular complexity index is 344. The third-order valence-corrected chi connectivity index (χ3v) is 2.47. The lowest BCUT2D eigenvalue weighted by atomic mass is 10.1. The van der Waals surface area contributed by atoms with Gasteiger partial charge in [0.15, 0.2) is 5.78 Å². The van der Waals surface area contributed by atoms with Crippen LogP contribution in [0.15, 0.2) is 6.07 Å². The maximum atomic E-state index is 11.6. The van der Waals surface area contributed by atoms with E-state index in [-0.39, 0.29) is 5.78 Å². The number of nitrogens with one attached hydrogen (secondary N) is 4. The Kier molecular flexibility index (Phi) is 2.98. The van der Waals surface area contributed by atoms with Crippen molar-refractivity contribution in [3.8, 4) is 0 Å². The highest BCUT2D eigenvalue weighted by molar-refractivity contribution is 5.96. The van der Waals surface area contributed by atoms with Gasteiger partial charge in [0.1, 0.15) is 11.5 Å². The molecule has 1 aliphatic rings.